The Bertz CT molecular complexity index is 540. The third-order valence-corrected chi connectivity index (χ3v) is 6.17. The van der Waals surface area contributed by atoms with Crippen LogP contribution < -0.4 is 35.4 Å². The molecule has 0 aliphatic carbocycles. The van der Waals surface area contributed by atoms with E-state index in [4.69, 9.17) is 5.73 Å². The van der Waals surface area contributed by atoms with Crippen LogP contribution in [-0.2, 0) is 0 Å². The van der Waals surface area contributed by atoms with Gasteiger partial charge in [0.1, 0.15) is 6.04 Å². The minimum Gasteiger partial charge on any atom is -1.00 e. The van der Waals surface area contributed by atoms with Gasteiger partial charge in [0.25, 0.3) is 0 Å². The SMILES string of the molecule is CCCC(CC[N+](C)(C)C1CCN(c2ccc(N)cc2)C1)[N+](C)(C)C.[Cl-].[Cl-]. The van der Waals surface area contributed by atoms with Gasteiger partial charge in [-0.3, -0.25) is 0 Å². The third kappa shape index (κ3) is 7.34. The van der Waals surface area contributed by atoms with E-state index in [1.807, 2.05) is 12.1 Å². The molecule has 1 fully saturated rings. The standard InChI is InChI=1S/C21H40N4.2ClH/c1-7-8-20(24(2,3)4)14-16-25(5,6)21-13-15-23(17-21)19-11-9-18(22)10-12-19;;/h9-12,20-21H,7-8,13-17,22H2,1-6H3;2*1H/q+2;;/p-2. The smallest absolute Gasteiger partial charge is 0.108 e. The average molecular weight is 419 g/mol. The summed E-state index contributed by atoms with van der Waals surface area (Å²) in [6.07, 6.45) is 5.19. The quantitative estimate of drug-likeness (QED) is 0.364. The second-order valence-corrected chi connectivity index (χ2v) is 9.33. The maximum absolute atomic E-state index is 5.83. The summed E-state index contributed by atoms with van der Waals surface area (Å²) in [7, 11) is 11.9. The van der Waals surface area contributed by atoms with Gasteiger partial charge in [-0.05, 0) is 30.7 Å². The molecule has 1 aliphatic rings. The van der Waals surface area contributed by atoms with E-state index in [0.717, 1.165) is 33.8 Å². The third-order valence-electron chi connectivity index (χ3n) is 6.17. The topological polar surface area (TPSA) is 29.3 Å². The lowest BCUT2D eigenvalue weighted by molar-refractivity contribution is -0.926. The highest BCUT2D eigenvalue weighted by molar-refractivity contribution is 5.53. The summed E-state index contributed by atoms with van der Waals surface area (Å²) in [5.41, 5.74) is 7.98. The first-order valence-corrected chi connectivity index (χ1v) is 9.87. The van der Waals surface area contributed by atoms with Crippen molar-refractivity contribution in [3.05, 3.63) is 24.3 Å². The molecule has 158 valence electrons. The largest absolute Gasteiger partial charge is 1.00 e. The van der Waals surface area contributed by atoms with Crippen LogP contribution in [0.1, 0.15) is 32.6 Å². The highest BCUT2D eigenvalue weighted by Gasteiger charge is 2.36. The summed E-state index contributed by atoms with van der Waals surface area (Å²) in [4.78, 5) is 2.52. The number of nitrogens with two attached hydrogens (primary N) is 1. The highest BCUT2D eigenvalue weighted by Crippen LogP contribution is 2.27. The van der Waals surface area contributed by atoms with Gasteiger partial charge in [0.2, 0.25) is 0 Å². The molecular formula is C21H40Cl2N4. The molecule has 2 N–H and O–H groups in total. The summed E-state index contributed by atoms with van der Waals surface area (Å²) in [5.74, 6) is 0. The Kier molecular flexibility index (Phi) is 10.5. The summed E-state index contributed by atoms with van der Waals surface area (Å²) < 4.78 is 2.21. The maximum Gasteiger partial charge on any atom is 0.108 e. The first-order valence-electron chi connectivity index (χ1n) is 9.87. The number of benzene rings is 1. The zero-order valence-electron chi connectivity index (χ0n) is 18.1. The second-order valence-electron chi connectivity index (χ2n) is 9.33. The number of halogens is 2. The van der Waals surface area contributed by atoms with Crippen LogP contribution in [0.5, 0.6) is 0 Å². The maximum atomic E-state index is 5.83. The summed E-state index contributed by atoms with van der Waals surface area (Å²) in [5, 5.41) is 0. The van der Waals surface area contributed by atoms with Gasteiger partial charge in [-0.1, -0.05) is 13.3 Å². The van der Waals surface area contributed by atoms with E-state index >= 15 is 0 Å². The Balaban J connectivity index is 0.00000338. The lowest BCUT2D eigenvalue weighted by Crippen LogP contribution is -3.00. The molecular weight excluding hydrogens is 379 g/mol. The summed E-state index contributed by atoms with van der Waals surface area (Å²) in [6, 6.07) is 9.82. The van der Waals surface area contributed by atoms with Crippen molar-refractivity contribution < 1.29 is 33.8 Å². The van der Waals surface area contributed by atoms with Crippen molar-refractivity contribution >= 4 is 11.4 Å². The van der Waals surface area contributed by atoms with Crippen molar-refractivity contribution in [3.8, 4) is 0 Å². The molecule has 1 saturated heterocycles. The van der Waals surface area contributed by atoms with E-state index in [-0.39, 0.29) is 24.8 Å². The number of hydrogen-bond donors (Lipinski definition) is 1. The second kappa shape index (κ2) is 10.8. The van der Waals surface area contributed by atoms with Crippen LogP contribution in [0.25, 0.3) is 0 Å². The predicted molar refractivity (Wildman–Crippen MR) is 110 cm³/mol. The van der Waals surface area contributed by atoms with Crippen LogP contribution in [0.4, 0.5) is 11.4 Å². The van der Waals surface area contributed by atoms with E-state index < -0.39 is 0 Å². The minimum atomic E-state index is 0. The molecule has 0 saturated carbocycles. The van der Waals surface area contributed by atoms with Crippen molar-refractivity contribution in [1.82, 2.24) is 0 Å². The fraction of sp³-hybridized carbons (Fsp3) is 0.714. The van der Waals surface area contributed by atoms with E-state index in [1.165, 1.54) is 37.9 Å². The molecule has 6 heteroatoms. The van der Waals surface area contributed by atoms with Gasteiger partial charge in [-0.25, -0.2) is 0 Å². The molecule has 2 unspecified atom stereocenters. The molecule has 0 bridgehead atoms. The van der Waals surface area contributed by atoms with Crippen molar-refractivity contribution in [2.24, 2.45) is 0 Å². The van der Waals surface area contributed by atoms with E-state index in [2.05, 4.69) is 59.2 Å². The van der Waals surface area contributed by atoms with Crippen LogP contribution in [0.15, 0.2) is 24.3 Å². The van der Waals surface area contributed by atoms with Gasteiger partial charge in [0.15, 0.2) is 0 Å². The number of hydrogen-bond acceptors (Lipinski definition) is 2. The molecule has 0 amide bonds. The first-order chi connectivity index (χ1) is 11.6. The molecule has 27 heavy (non-hydrogen) atoms. The number of nitrogen functional groups attached to an aromatic ring is 1. The zero-order chi connectivity index (χ0) is 18.7. The van der Waals surface area contributed by atoms with Crippen LogP contribution in [0, 0.1) is 0 Å². The van der Waals surface area contributed by atoms with Gasteiger partial charge >= 0.3 is 0 Å². The van der Waals surface area contributed by atoms with Gasteiger partial charge < -0.3 is 44.4 Å². The van der Waals surface area contributed by atoms with Crippen LogP contribution in [0.2, 0.25) is 0 Å². The Morgan fingerprint density at radius 2 is 1.63 bits per heavy atom. The van der Waals surface area contributed by atoms with E-state index in [9.17, 15) is 0 Å². The minimum absolute atomic E-state index is 0. The van der Waals surface area contributed by atoms with E-state index in [0.29, 0.717) is 6.04 Å². The molecule has 0 aromatic heterocycles. The number of nitrogens with zero attached hydrogens (tertiary/aromatic N) is 3. The zero-order valence-corrected chi connectivity index (χ0v) is 19.6. The van der Waals surface area contributed by atoms with Crippen molar-refractivity contribution in [2.45, 2.75) is 44.7 Å². The molecule has 0 spiro atoms. The molecule has 2 atom stereocenters. The molecule has 4 nitrogen and oxygen atoms in total. The molecule has 0 radical (unpaired) electrons. The summed E-state index contributed by atoms with van der Waals surface area (Å²) >= 11 is 0. The predicted octanol–water partition coefficient (Wildman–Crippen LogP) is -2.80. The lowest BCUT2D eigenvalue weighted by atomic mass is 10.0. The lowest BCUT2D eigenvalue weighted by Gasteiger charge is -2.40. The van der Waals surface area contributed by atoms with Gasteiger partial charge in [-0.15, -0.1) is 0 Å². The fourth-order valence-electron chi connectivity index (χ4n) is 4.15. The van der Waals surface area contributed by atoms with Crippen LogP contribution >= 0.6 is 0 Å². The monoisotopic (exact) mass is 418 g/mol. The summed E-state index contributed by atoms with van der Waals surface area (Å²) in [6.45, 7) is 5.88. The Morgan fingerprint density at radius 3 is 2.15 bits per heavy atom. The van der Waals surface area contributed by atoms with Gasteiger partial charge in [0.05, 0.1) is 54.4 Å². The van der Waals surface area contributed by atoms with E-state index in [1.54, 1.807) is 0 Å². The number of anilines is 2. The molecule has 1 aromatic carbocycles. The highest BCUT2D eigenvalue weighted by atomic mass is 35.5. The fourth-order valence-corrected chi connectivity index (χ4v) is 4.15. The van der Waals surface area contributed by atoms with Crippen LogP contribution in [-0.4, -0.2) is 75.9 Å². The number of rotatable bonds is 8. The first kappa shape index (κ1) is 26.3. The number of likely N-dealkylation sites (N-methyl/N-ethyl adjacent to an activating group) is 1. The Morgan fingerprint density at radius 1 is 1.04 bits per heavy atom. The van der Waals surface area contributed by atoms with Crippen LogP contribution in [0.3, 0.4) is 0 Å². The molecule has 1 aliphatic heterocycles. The normalized spacial score (nSPS) is 18.6. The van der Waals surface area contributed by atoms with Gasteiger partial charge in [-0.2, -0.15) is 0 Å². The van der Waals surface area contributed by atoms with Crippen molar-refractivity contribution in [1.29, 1.82) is 0 Å². The molecule has 1 aromatic rings. The Labute approximate surface area is 179 Å². The van der Waals surface area contributed by atoms with Gasteiger partial charge in [0, 0.05) is 30.8 Å². The average Bonchev–Trinajstić information content (AvgIpc) is 3.02. The Hall–Kier alpha value is -0.680. The number of quaternary nitrogens is 2. The molecule has 2 rings (SSSR count). The van der Waals surface area contributed by atoms with Crippen molar-refractivity contribution in [2.75, 3.05) is 65.5 Å². The molecule has 1 heterocycles. The van der Waals surface area contributed by atoms with Crippen molar-refractivity contribution in [3.63, 3.8) is 0 Å².